The van der Waals surface area contributed by atoms with Crippen molar-refractivity contribution in [2.45, 2.75) is 45.2 Å². The van der Waals surface area contributed by atoms with E-state index in [1.54, 1.807) is 18.2 Å². The van der Waals surface area contributed by atoms with Crippen molar-refractivity contribution in [2.24, 2.45) is 0 Å². The number of imidazole rings is 1. The molecule has 168 valence electrons. The molecule has 0 bridgehead atoms. The molecule has 0 aliphatic heterocycles. The molecular weight excluding hydrogens is 417 g/mol. The van der Waals surface area contributed by atoms with Crippen LogP contribution in [0.5, 0.6) is 0 Å². The van der Waals surface area contributed by atoms with Crippen LogP contribution in [0.15, 0.2) is 71.4 Å². The maximum atomic E-state index is 13.5. The number of hydrogen-bond donors (Lipinski definition) is 1. The van der Waals surface area contributed by atoms with Crippen molar-refractivity contribution in [2.75, 3.05) is 0 Å². The Kier molecular flexibility index (Phi) is 5.82. The maximum Gasteiger partial charge on any atom is 0.287 e. The van der Waals surface area contributed by atoms with Gasteiger partial charge in [0.25, 0.3) is 5.91 Å². The average molecular weight is 444 g/mol. The van der Waals surface area contributed by atoms with Gasteiger partial charge in [-0.2, -0.15) is 0 Å². The molecule has 1 saturated carbocycles. The number of benzene rings is 2. The van der Waals surface area contributed by atoms with Crippen LogP contribution in [-0.2, 0) is 6.54 Å². The minimum absolute atomic E-state index is 0.253. The van der Waals surface area contributed by atoms with Gasteiger partial charge < -0.3 is 14.3 Å². The van der Waals surface area contributed by atoms with Crippen molar-refractivity contribution in [1.82, 2.24) is 14.9 Å². The molecule has 2 heterocycles. The van der Waals surface area contributed by atoms with Crippen LogP contribution in [0.4, 0.5) is 4.39 Å². The first-order valence-electron chi connectivity index (χ1n) is 11.4. The maximum absolute atomic E-state index is 13.5. The van der Waals surface area contributed by atoms with Gasteiger partial charge >= 0.3 is 0 Å². The van der Waals surface area contributed by atoms with Crippen molar-refractivity contribution in [3.8, 4) is 22.7 Å². The summed E-state index contributed by atoms with van der Waals surface area (Å²) in [6, 6.07) is 18.1. The lowest BCUT2D eigenvalue weighted by molar-refractivity contribution is 0.0924. The van der Waals surface area contributed by atoms with E-state index < -0.39 is 0 Å². The largest absolute Gasteiger partial charge is 0.449 e. The van der Waals surface area contributed by atoms with Crippen molar-refractivity contribution in [3.05, 3.63) is 89.7 Å². The van der Waals surface area contributed by atoms with Gasteiger partial charge in [-0.15, -0.1) is 0 Å². The first-order chi connectivity index (χ1) is 16.1. The summed E-state index contributed by atoms with van der Waals surface area (Å²) >= 11 is 0. The summed E-state index contributed by atoms with van der Waals surface area (Å²) in [5.41, 5.74) is 4.55. The third-order valence-electron chi connectivity index (χ3n) is 6.39. The first kappa shape index (κ1) is 21.2. The zero-order valence-electron chi connectivity index (χ0n) is 18.6. The van der Waals surface area contributed by atoms with Gasteiger partial charge in [0.15, 0.2) is 11.5 Å². The molecule has 1 fully saturated rings. The molecule has 1 N–H and O–H groups in total. The zero-order chi connectivity index (χ0) is 22.8. The predicted molar refractivity (Wildman–Crippen MR) is 125 cm³/mol. The van der Waals surface area contributed by atoms with Crippen LogP contribution in [-0.4, -0.2) is 15.5 Å². The standard InChI is InChI=1S/C27H26FN3O2/c1-18-6-2-3-7-20(18)16-29-27(32)24-15-14-23(33-24)26-25(19-10-12-21(28)13-11-19)30-17-31(26)22-8-4-5-9-22/h2-3,6-7,10-15,17,22H,4-5,8-9,16H2,1H3,(H,29,32). The molecule has 0 radical (unpaired) electrons. The number of aryl methyl sites for hydroxylation is 1. The lowest BCUT2D eigenvalue weighted by atomic mass is 10.1. The molecule has 1 aliphatic rings. The fourth-order valence-electron chi connectivity index (χ4n) is 4.54. The first-order valence-corrected chi connectivity index (χ1v) is 11.4. The van der Waals surface area contributed by atoms with Crippen LogP contribution < -0.4 is 5.32 Å². The number of hydrogen-bond acceptors (Lipinski definition) is 3. The average Bonchev–Trinajstić information content (AvgIpc) is 3.59. The van der Waals surface area contributed by atoms with Crippen LogP contribution in [0, 0.1) is 12.7 Å². The molecule has 2 aromatic carbocycles. The van der Waals surface area contributed by atoms with E-state index in [0.29, 0.717) is 18.3 Å². The molecule has 0 unspecified atom stereocenters. The fourth-order valence-corrected chi connectivity index (χ4v) is 4.54. The third kappa shape index (κ3) is 4.33. The van der Waals surface area contributed by atoms with Crippen molar-refractivity contribution < 1.29 is 13.6 Å². The number of aromatic nitrogens is 2. The third-order valence-corrected chi connectivity index (χ3v) is 6.39. The summed E-state index contributed by atoms with van der Waals surface area (Å²) in [7, 11) is 0. The molecule has 1 amide bonds. The van der Waals surface area contributed by atoms with E-state index in [1.807, 2.05) is 43.6 Å². The van der Waals surface area contributed by atoms with Gasteiger partial charge in [-0.05, 0) is 67.3 Å². The Morgan fingerprint density at radius 3 is 2.61 bits per heavy atom. The van der Waals surface area contributed by atoms with E-state index in [1.165, 1.54) is 25.0 Å². The van der Waals surface area contributed by atoms with Gasteiger partial charge in [0, 0.05) is 18.2 Å². The van der Waals surface area contributed by atoms with Crippen molar-refractivity contribution in [1.29, 1.82) is 0 Å². The number of halogens is 1. The summed E-state index contributed by atoms with van der Waals surface area (Å²) in [6.45, 7) is 2.45. The number of furan rings is 1. The highest BCUT2D eigenvalue weighted by Crippen LogP contribution is 2.39. The number of nitrogens with zero attached hydrogens (tertiary/aromatic N) is 2. The SMILES string of the molecule is Cc1ccccc1CNC(=O)c1ccc(-c2c(-c3ccc(F)cc3)ncn2C2CCCC2)o1. The molecule has 2 aromatic heterocycles. The van der Waals surface area contributed by atoms with Crippen LogP contribution >= 0.6 is 0 Å². The van der Waals surface area contributed by atoms with Crippen LogP contribution in [0.1, 0.15) is 53.4 Å². The van der Waals surface area contributed by atoms with Gasteiger partial charge in [-0.3, -0.25) is 4.79 Å². The number of amides is 1. The monoisotopic (exact) mass is 443 g/mol. The second kappa shape index (κ2) is 9.06. The Bertz CT molecular complexity index is 1270. The molecule has 0 atom stereocenters. The topological polar surface area (TPSA) is 60.1 Å². The molecular formula is C27H26FN3O2. The summed E-state index contributed by atoms with van der Waals surface area (Å²) in [6.07, 6.45) is 6.36. The number of carbonyl (C=O) groups excluding carboxylic acids is 1. The lowest BCUT2D eigenvalue weighted by Gasteiger charge is -2.15. The molecule has 1 aliphatic carbocycles. The minimum Gasteiger partial charge on any atom is -0.449 e. The van der Waals surface area contributed by atoms with Crippen LogP contribution in [0.25, 0.3) is 22.7 Å². The predicted octanol–water partition coefficient (Wildman–Crippen LogP) is 6.30. The van der Waals surface area contributed by atoms with Gasteiger partial charge in [0.2, 0.25) is 0 Å². The minimum atomic E-state index is -0.291. The molecule has 0 spiro atoms. The number of carbonyl (C=O) groups is 1. The van der Waals surface area contributed by atoms with Gasteiger partial charge in [-0.25, -0.2) is 9.37 Å². The second-order valence-electron chi connectivity index (χ2n) is 8.57. The lowest BCUT2D eigenvalue weighted by Crippen LogP contribution is -2.22. The van der Waals surface area contributed by atoms with E-state index in [9.17, 15) is 9.18 Å². The van der Waals surface area contributed by atoms with Crippen molar-refractivity contribution >= 4 is 5.91 Å². The van der Waals surface area contributed by atoms with E-state index in [-0.39, 0.29) is 17.5 Å². The summed E-state index contributed by atoms with van der Waals surface area (Å²) in [5.74, 6) is 0.281. The molecule has 5 rings (SSSR count). The van der Waals surface area contributed by atoms with Gasteiger partial charge in [0.05, 0.1) is 12.0 Å². The molecule has 0 saturated heterocycles. The Morgan fingerprint density at radius 1 is 1.09 bits per heavy atom. The van der Waals surface area contributed by atoms with Crippen LogP contribution in [0.2, 0.25) is 0 Å². The van der Waals surface area contributed by atoms with E-state index in [4.69, 9.17) is 4.42 Å². The normalized spacial score (nSPS) is 14.0. The Labute approximate surface area is 192 Å². The smallest absolute Gasteiger partial charge is 0.287 e. The Hall–Kier alpha value is -3.67. The molecule has 6 heteroatoms. The fraction of sp³-hybridized carbons (Fsp3) is 0.259. The number of nitrogens with one attached hydrogen (secondary N) is 1. The highest BCUT2D eigenvalue weighted by Gasteiger charge is 2.26. The summed E-state index contributed by atoms with van der Waals surface area (Å²) in [5, 5.41) is 2.94. The van der Waals surface area contributed by atoms with E-state index >= 15 is 0 Å². The number of rotatable bonds is 6. The molecule has 5 nitrogen and oxygen atoms in total. The van der Waals surface area contributed by atoms with Crippen molar-refractivity contribution in [3.63, 3.8) is 0 Å². The molecule has 4 aromatic rings. The Morgan fingerprint density at radius 2 is 1.85 bits per heavy atom. The molecule has 33 heavy (non-hydrogen) atoms. The highest BCUT2D eigenvalue weighted by molar-refractivity contribution is 5.92. The van der Waals surface area contributed by atoms with E-state index in [2.05, 4.69) is 14.9 Å². The quantitative estimate of drug-likeness (QED) is 0.380. The second-order valence-corrected chi connectivity index (χ2v) is 8.57. The summed E-state index contributed by atoms with van der Waals surface area (Å²) in [4.78, 5) is 17.4. The van der Waals surface area contributed by atoms with Crippen LogP contribution in [0.3, 0.4) is 0 Å². The Balaban J connectivity index is 1.45. The zero-order valence-corrected chi connectivity index (χ0v) is 18.6. The van der Waals surface area contributed by atoms with Gasteiger partial charge in [-0.1, -0.05) is 37.1 Å². The van der Waals surface area contributed by atoms with Gasteiger partial charge in [0.1, 0.15) is 11.5 Å². The summed E-state index contributed by atoms with van der Waals surface area (Å²) < 4.78 is 21.7. The highest BCUT2D eigenvalue weighted by atomic mass is 19.1. The van der Waals surface area contributed by atoms with E-state index in [0.717, 1.165) is 40.9 Å².